The predicted molar refractivity (Wildman–Crippen MR) is 117 cm³/mol. The van der Waals surface area contributed by atoms with E-state index in [4.69, 9.17) is 14.2 Å². The van der Waals surface area contributed by atoms with Crippen LogP contribution in [0.2, 0.25) is 0 Å². The number of carbonyl (C=O) groups excluding carboxylic acids is 1. The second kappa shape index (κ2) is 11.0. The Morgan fingerprint density at radius 1 is 1.10 bits per heavy atom. The van der Waals surface area contributed by atoms with E-state index in [-0.39, 0.29) is 13.2 Å². The first-order chi connectivity index (χ1) is 14.7. The molecule has 2 aromatic rings. The van der Waals surface area contributed by atoms with Crippen molar-refractivity contribution in [2.75, 3.05) is 20.3 Å². The first-order valence-electron chi connectivity index (χ1n) is 10.2. The average Bonchev–Trinajstić information content (AvgIpc) is 2.71. The van der Waals surface area contributed by atoms with E-state index in [1.165, 1.54) is 0 Å². The van der Waals surface area contributed by atoms with E-state index in [0.717, 1.165) is 16.7 Å². The van der Waals surface area contributed by atoms with Crippen LogP contribution >= 0.6 is 0 Å². The molecule has 2 rings (SSSR count). The topological polar surface area (TPSA) is 110 Å². The third kappa shape index (κ3) is 7.41. The van der Waals surface area contributed by atoms with Gasteiger partial charge in [-0.3, -0.25) is 4.98 Å². The Morgan fingerprint density at radius 3 is 2.29 bits per heavy atom. The number of nitrogens with one attached hydrogen (secondary N) is 1. The van der Waals surface area contributed by atoms with Crippen LogP contribution in [0, 0.1) is 6.92 Å². The van der Waals surface area contributed by atoms with Crippen LogP contribution in [0.5, 0.6) is 11.5 Å². The number of benzene rings is 1. The molecule has 0 saturated carbocycles. The first-order valence-corrected chi connectivity index (χ1v) is 10.2. The van der Waals surface area contributed by atoms with Gasteiger partial charge in [0.2, 0.25) is 0 Å². The number of amides is 1. The maximum absolute atomic E-state index is 11.7. The van der Waals surface area contributed by atoms with Crippen molar-refractivity contribution in [2.45, 2.75) is 52.9 Å². The highest BCUT2D eigenvalue weighted by Gasteiger charge is 2.16. The summed E-state index contributed by atoms with van der Waals surface area (Å²) in [4.78, 5) is 15.8. The summed E-state index contributed by atoms with van der Waals surface area (Å²) in [5.41, 5.74) is 2.97. The summed E-state index contributed by atoms with van der Waals surface area (Å²) in [7, 11) is 1.58. The molecular formula is C23H32N2O6. The van der Waals surface area contributed by atoms with Crippen LogP contribution in [0.15, 0.2) is 24.3 Å². The largest absolute Gasteiger partial charge is 0.496 e. The fourth-order valence-electron chi connectivity index (χ4n) is 3.06. The summed E-state index contributed by atoms with van der Waals surface area (Å²) in [6.07, 6.45) is 0.170. The van der Waals surface area contributed by atoms with Gasteiger partial charge in [0.15, 0.2) is 0 Å². The van der Waals surface area contributed by atoms with E-state index in [2.05, 4.69) is 10.3 Å². The molecule has 31 heavy (non-hydrogen) atoms. The highest BCUT2D eigenvalue weighted by molar-refractivity contribution is 5.75. The second-order valence-electron chi connectivity index (χ2n) is 8.10. The average molecular weight is 433 g/mol. The molecule has 0 aliphatic rings. The van der Waals surface area contributed by atoms with E-state index in [0.29, 0.717) is 42.5 Å². The number of aliphatic hydroxyl groups is 2. The third-order valence-corrected chi connectivity index (χ3v) is 4.29. The number of hydrogen-bond acceptors (Lipinski definition) is 7. The molecule has 0 unspecified atom stereocenters. The third-order valence-electron chi connectivity index (χ3n) is 4.29. The lowest BCUT2D eigenvalue weighted by Gasteiger charge is -2.19. The number of aliphatic hydroxyl groups excluding tert-OH is 2. The lowest BCUT2D eigenvalue weighted by molar-refractivity contribution is 0.0525. The molecule has 0 aliphatic carbocycles. The summed E-state index contributed by atoms with van der Waals surface area (Å²) in [6.45, 7) is 7.79. The highest BCUT2D eigenvalue weighted by atomic mass is 16.6. The van der Waals surface area contributed by atoms with E-state index < -0.39 is 11.7 Å². The van der Waals surface area contributed by atoms with Gasteiger partial charge in [-0.05, 0) is 63.4 Å². The van der Waals surface area contributed by atoms with Crippen molar-refractivity contribution in [3.8, 4) is 22.6 Å². The van der Waals surface area contributed by atoms with Gasteiger partial charge >= 0.3 is 6.09 Å². The normalized spacial score (nSPS) is 11.2. The number of carbonyl (C=O) groups is 1. The Labute approximate surface area is 183 Å². The molecule has 0 fully saturated rings. The zero-order valence-corrected chi connectivity index (χ0v) is 18.8. The second-order valence-corrected chi connectivity index (χ2v) is 8.10. The molecule has 0 radical (unpaired) electrons. The quantitative estimate of drug-likeness (QED) is 0.521. The Morgan fingerprint density at radius 2 is 1.74 bits per heavy atom. The molecule has 0 bridgehead atoms. The molecule has 1 aromatic heterocycles. The molecular weight excluding hydrogens is 400 g/mol. The van der Waals surface area contributed by atoms with Crippen molar-refractivity contribution in [1.29, 1.82) is 0 Å². The number of ether oxygens (including phenoxy) is 3. The molecule has 1 heterocycles. The van der Waals surface area contributed by atoms with Gasteiger partial charge in [-0.15, -0.1) is 0 Å². The first kappa shape index (κ1) is 24.4. The van der Waals surface area contributed by atoms with Crippen molar-refractivity contribution in [3.63, 3.8) is 0 Å². The van der Waals surface area contributed by atoms with Crippen LogP contribution < -0.4 is 14.8 Å². The summed E-state index contributed by atoms with van der Waals surface area (Å²) in [5, 5.41) is 21.6. The number of rotatable bonds is 9. The summed E-state index contributed by atoms with van der Waals surface area (Å²) in [5.74, 6) is 1.26. The van der Waals surface area contributed by atoms with Crippen LogP contribution in [0.4, 0.5) is 4.79 Å². The Bertz CT molecular complexity index is 870. The van der Waals surface area contributed by atoms with Crippen molar-refractivity contribution in [1.82, 2.24) is 10.3 Å². The van der Waals surface area contributed by atoms with Gasteiger partial charge in [-0.25, -0.2) is 4.79 Å². The maximum atomic E-state index is 11.7. The van der Waals surface area contributed by atoms with Gasteiger partial charge in [0.25, 0.3) is 0 Å². The van der Waals surface area contributed by atoms with E-state index >= 15 is 0 Å². The SMILES string of the molecule is COc1cc(OCCCNC(=O)OC(C)(C)C)cc(C)c1-c1cc(CO)nc(CO)c1. The van der Waals surface area contributed by atoms with E-state index in [9.17, 15) is 15.0 Å². The standard InChI is InChI=1S/C23H32N2O6/c1-15-9-19(30-8-6-7-24-22(28)31-23(2,3)4)12-20(29-5)21(15)16-10-17(13-26)25-18(11-16)14-27/h9-12,26-27H,6-8,13-14H2,1-5H3,(H,24,28). The van der Waals surface area contributed by atoms with Crippen LogP contribution in [-0.4, -0.2) is 47.2 Å². The number of alkyl carbamates (subject to hydrolysis) is 1. The van der Waals surface area contributed by atoms with Crippen LogP contribution in [0.25, 0.3) is 11.1 Å². The Balaban J connectivity index is 2.06. The molecule has 1 aromatic carbocycles. The molecule has 0 atom stereocenters. The molecule has 8 nitrogen and oxygen atoms in total. The zero-order valence-electron chi connectivity index (χ0n) is 18.8. The zero-order chi connectivity index (χ0) is 23.0. The van der Waals surface area contributed by atoms with Crippen LogP contribution in [-0.2, 0) is 18.0 Å². The molecule has 3 N–H and O–H groups in total. The highest BCUT2D eigenvalue weighted by Crippen LogP contribution is 2.37. The lowest BCUT2D eigenvalue weighted by atomic mass is 9.98. The molecule has 170 valence electrons. The monoisotopic (exact) mass is 432 g/mol. The van der Waals surface area contributed by atoms with Gasteiger partial charge in [0.1, 0.15) is 17.1 Å². The summed E-state index contributed by atoms with van der Waals surface area (Å²) >= 11 is 0. The van der Waals surface area contributed by atoms with Crippen molar-refractivity contribution >= 4 is 6.09 Å². The number of aryl methyl sites for hydroxylation is 1. The van der Waals surface area contributed by atoms with Gasteiger partial charge in [-0.2, -0.15) is 0 Å². The fraction of sp³-hybridized carbons (Fsp3) is 0.478. The van der Waals surface area contributed by atoms with Crippen LogP contribution in [0.1, 0.15) is 44.1 Å². The Kier molecular flexibility index (Phi) is 8.65. The minimum Gasteiger partial charge on any atom is -0.496 e. The number of aromatic nitrogens is 1. The predicted octanol–water partition coefficient (Wildman–Crippen LogP) is 3.34. The van der Waals surface area contributed by atoms with Gasteiger partial charge in [0.05, 0.1) is 38.3 Å². The van der Waals surface area contributed by atoms with Gasteiger partial charge in [-0.1, -0.05) is 0 Å². The van der Waals surface area contributed by atoms with Crippen LogP contribution in [0.3, 0.4) is 0 Å². The van der Waals surface area contributed by atoms with Crippen molar-refractivity contribution in [2.24, 2.45) is 0 Å². The molecule has 0 spiro atoms. The Hall–Kier alpha value is -2.84. The molecule has 0 aliphatic heterocycles. The lowest BCUT2D eigenvalue weighted by Crippen LogP contribution is -2.33. The summed E-state index contributed by atoms with van der Waals surface area (Å²) < 4.78 is 16.6. The smallest absolute Gasteiger partial charge is 0.407 e. The van der Waals surface area contributed by atoms with Gasteiger partial charge < -0.3 is 29.7 Å². The number of methoxy groups -OCH3 is 1. The van der Waals surface area contributed by atoms with Crippen molar-refractivity contribution < 1.29 is 29.2 Å². The van der Waals surface area contributed by atoms with E-state index in [1.54, 1.807) is 25.3 Å². The summed E-state index contributed by atoms with van der Waals surface area (Å²) in [6, 6.07) is 7.23. The van der Waals surface area contributed by atoms with Crippen molar-refractivity contribution in [3.05, 3.63) is 41.2 Å². The van der Waals surface area contributed by atoms with E-state index in [1.807, 2.05) is 33.8 Å². The number of hydrogen-bond donors (Lipinski definition) is 3. The maximum Gasteiger partial charge on any atom is 0.407 e. The molecule has 1 amide bonds. The number of pyridine rings is 1. The fourth-order valence-corrected chi connectivity index (χ4v) is 3.06. The molecule has 8 heteroatoms. The molecule has 0 saturated heterocycles. The minimum absolute atomic E-state index is 0.221. The minimum atomic E-state index is -0.527. The number of nitrogens with zero attached hydrogens (tertiary/aromatic N) is 1. The van der Waals surface area contributed by atoms with Gasteiger partial charge in [0, 0.05) is 18.2 Å².